The van der Waals surface area contributed by atoms with Crippen molar-refractivity contribution in [3.05, 3.63) is 0 Å². The second-order valence-corrected chi connectivity index (χ2v) is 6.59. The summed E-state index contributed by atoms with van der Waals surface area (Å²) in [4.78, 5) is 25.9. The van der Waals surface area contributed by atoms with Crippen LogP contribution in [-0.4, -0.2) is 35.3 Å². The molecule has 108 valence electrons. The third-order valence-electron chi connectivity index (χ3n) is 4.40. The van der Waals surface area contributed by atoms with Crippen LogP contribution in [-0.2, 0) is 9.59 Å². The molecule has 1 saturated heterocycles. The van der Waals surface area contributed by atoms with E-state index in [0.717, 1.165) is 38.6 Å². The Morgan fingerprint density at radius 1 is 1.21 bits per heavy atom. The van der Waals surface area contributed by atoms with Crippen molar-refractivity contribution >= 4 is 11.8 Å². The molecule has 19 heavy (non-hydrogen) atoms. The number of nitrogens with one attached hydrogen (secondary N) is 1. The van der Waals surface area contributed by atoms with Gasteiger partial charge in [0.25, 0.3) is 0 Å². The first-order valence-corrected chi connectivity index (χ1v) is 7.55. The topological polar surface area (TPSA) is 49.4 Å². The Morgan fingerprint density at radius 2 is 1.84 bits per heavy atom. The minimum Gasteiger partial charge on any atom is -0.314 e. The van der Waals surface area contributed by atoms with Crippen LogP contribution in [0.25, 0.3) is 0 Å². The Hall–Kier alpha value is -0.900. The lowest BCUT2D eigenvalue weighted by molar-refractivity contribution is -0.144. The molecule has 1 aliphatic heterocycles. The van der Waals surface area contributed by atoms with Crippen molar-refractivity contribution in [1.29, 1.82) is 0 Å². The maximum atomic E-state index is 12.3. The number of carbonyl (C=O) groups is 2. The predicted octanol–water partition coefficient (Wildman–Crippen LogP) is 2.08. The van der Waals surface area contributed by atoms with Gasteiger partial charge >= 0.3 is 0 Å². The van der Waals surface area contributed by atoms with Gasteiger partial charge in [-0.1, -0.05) is 20.8 Å². The van der Waals surface area contributed by atoms with Gasteiger partial charge in [-0.15, -0.1) is 0 Å². The number of likely N-dealkylation sites (tertiary alicyclic amines) is 1. The van der Waals surface area contributed by atoms with E-state index in [1.54, 1.807) is 4.90 Å². The second-order valence-electron chi connectivity index (χ2n) is 6.59. The SMILES string of the molecule is CCCNC1CCC(N2C(=O)CC(C)(C)C2=O)CC1. The van der Waals surface area contributed by atoms with Crippen LogP contribution < -0.4 is 5.32 Å². The minimum absolute atomic E-state index is 0.0277. The highest BCUT2D eigenvalue weighted by Gasteiger charge is 2.47. The summed E-state index contributed by atoms with van der Waals surface area (Å²) in [6.07, 6.45) is 5.57. The van der Waals surface area contributed by atoms with Gasteiger partial charge in [0.15, 0.2) is 0 Å². The molecule has 2 rings (SSSR count). The minimum atomic E-state index is -0.492. The van der Waals surface area contributed by atoms with E-state index in [1.165, 1.54) is 0 Å². The summed E-state index contributed by atoms with van der Waals surface area (Å²) >= 11 is 0. The van der Waals surface area contributed by atoms with E-state index in [-0.39, 0.29) is 17.9 Å². The number of amides is 2. The Morgan fingerprint density at radius 3 is 2.32 bits per heavy atom. The number of hydrogen-bond acceptors (Lipinski definition) is 3. The molecule has 0 spiro atoms. The molecule has 1 N–H and O–H groups in total. The van der Waals surface area contributed by atoms with Crippen LogP contribution >= 0.6 is 0 Å². The zero-order valence-electron chi connectivity index (χ0n) is 12.4. The molecule has 0 bridgehead atoms. The molecule has 0 unspecified atom stereocenters. The first-order chi connectivity index (χ1) is 8.95. The molecular formula is C15H26N2O2. The smallest absolute Gasteiger partial charge is 0.235 e. The van der Waals surface area contributed by atoms with Gasteiger partial charge < -0.3 is 5.32 Å². The second kappa shape index (κ2) is 5.61. The fourth-order valence-corrected chi connectivity index (χ4v) is 3.23. The van der Waals surface area contributed by atoms with Gasteiger partial charge in [0.05, 0.1) is 5.41 Å². The predicted molar refractivity (Wildman–Crippen MR) is 74.6 cm³/mol. The van der Waals surface area contributed by atoms with Crippen LogP contribution in [0.1, 0.15) is 59.3 Å². The van der Waals surface area contributed by atoms with Gasteiger partial charge in [-0.05, 0) is 38.6 Å². The Labute approximate surface area is 115 Å². The Balaban J connectivity index is 1.91. The van der Waals surface area contributed by atoms with Gasteiger partial charge in [-0.25, -0.2) is 0 Å². The highest BCUT2D eigenvalue weighted by molar-refractivity contribution is 6.05. The van der Waals surface area contributed by atoms with Crippen molar-refractivity contribution in [3.8, 4) is 0 Å². The van der Waals surface area contributed by atoms with Crippen LogP contribution in [0.2, 0.25) is 0 Å². The van der Waals surface area contributed by atoms with Crippen LogP contribution in [0.15, 0.2) is 0 Å². The first kappa shape index (κ1) is 14.5. The fourth-order valence-electron chi connectivity index (χ4n) is 3.23. The largest absolute Gasteiger partial charge is 0.314 e. The average molecular weight is 266 g/mol. The number of nitrogens with zero attached hydrogens (tertiary/aromatic N) is 1. The lowest BCUT2D eigenvalue weighted by Crippen LogP contribution is -2.46. The van der Waals surface area contributed by atoms with E-state index in [1.807, 2.05) is 13.8 Å². The lowest BCUT2D eigenvalue weighted by Gasteiger charge is -2.34. The van der Waals surface area contributed by atoms with E-state index < -0.39 is 5.41 Å². The van der Waals surface area contributed by atoms with Crippen molar-refractivity contribution < 1.29 is 9.59 Å². The molecule has 1 heterocycles. The molecular weight excluding hydrogens is 240 g/mol. The van der Waals surface area contributed by atoms with E-state index in [0.29, 0.717) is 12.5 Å². The molecule has 0 aromatic rings. The summed E-state index contributed by atoms with van der Waals surface area (Å²) in [7, 11) is 0. The van der Waals surface area contributed by atoms with Gasteiger partial charge in [0.2, 0.25) is 11.8 Å². The van der Waals surface area contributed by atoms with Crippen LogP contribution in [0, 0.1) is 5.41 Å². The summed E-state index contributed by atoms with van der Waals surface area (Å²) in [6.45, 7) is 6.98. The number of carbonyl (C=O) groups excluding carboxylic acids is 2. The van der Waals surface area contributed by atoms with E-state index in [2.05, 4.69) is 12.2 Å². The number of rotatable bonds is 4. The maximum absolute atomic E-state index is 12.3. The van der Waals surface area contributed by atoms with E-state index in [9.17, 15) is 9.59 Å². The monoisotopic (exact) mass is 266 g/mol. The van der Waals surface area contributed by atoms with E-state index >= 15 is 0 Å². The van der Waals surface area contributed by atoms with Gasteiger partial charge in [0, 0.05) is 18.5 Å². The summed E-state index contributed by atoms with van der Waals surface area (Å²) in [6, 6.07) is 0.707. The van der Waals surface area contributed by atoms with Crippen molar-refractivity contribution in [2.75, 3.05) is 6.54 Å². The molecule has 2 fully saturated rings. The van der Waals surface area contributed by atoms with Gasteiger partial charge in [-0.2, -0.15) is 0 Å². The zero-order valence-corrected chi connectivity index (χ0v) is 12.4. The summed E-state index contributed by atoms with van der Waals surface area (Å²) < 4.78 is 0. The van der Waals surface area contributed by atoms with Crippen molar-refractivity contribution in [3.63, 3.8) is 0 Å². The average Bonchev–Trinajstić information content (AvgIpc) is 2.57. The number of hydrogen-bond donors (Lipinski definition) is 1. The normalized spacial score (nSPS) is 31.0. The first-order valence-electron chi connectivity index (χ1n) is 7.55. The van der Waals surface area contributed by atoms with Crippen LogP contribution in [0.3, 0.4) is 0 Å². The molecule has 2 amide bonds. The maximum Gasteiger partial charge on any atom is 0.235 e. The van der Waals surface area contributed by atoms with Crippen LogP contribution in [0.5, 0.6) is 0 Å². The fraction of sp³-hybridized carbons (Fsp3) is 0.867. The Bertz CT molecular complexity index is 357. The van der Waals surface area contributed by atoms with Crippen molar-refractivity contribution in [2.45, 2.75) is 71.4 Å². The zero-order chi connectivity index (χ0) is 14.0. The molecule has 1 saturated carbocycles. The summed E-state index contributed by atoms with van der Waals surface area (Å²) in [5.41, 5.74) is -0.492. The molecule has 2 aliphatic rings. The van der Waals surface area contributed by atoms with Crippen LogP contribution in [0.4, 0.5) is 0 Å². The molecule has 0 atom stereocenters. The molecule has 4 nitrogen and oxygen atoms in total. The molecule has 4 heteroatoms. The highest BCUT2D eigenvalue weighted by atomic mass is 16.2. The quantitative estimate of drug-likeness (QED) is 0.793. The standard InChI is InChI=1S/C15H26N2O2/c1-4-9-16-11-5-7-12(8-6-11)17-13(18)10-15(2,3)14(17)19/h11-12,16H,4-10H2,1-3H3. The molecule has 0 aromatic heterocycles. The molecule has 1 aliphatic carbocycles. The van der Waals surface area contributed by atoms with E-state index in [4.69, 9.17) is 0 Å². The van der Waals surface area contributed by atoms with Crippen molar-refractivity contribution in [2.24, 2.45) is 5.41 Å². The van der Waals surface area contributed by atoms with Gasteiger partial charge in [0.1, 0.15) is 0 Å². The van der Waals surface area contributed by atoms with Gasteiger partial charge in [-0.3, -0.25) is 14.5 Å². The third-order valence-corrected chi connectivity index (χ3v) is 4.40. The van der Waals surface area contributed by atoms with Crippen molar-refractivity contribution in [1.82, 2.24) is 10.2 Å². The Kier molecular flexibility index (Phi) is 4.29. The number of imide groups is 1. The lowest BCUT2D eigenvalue weighted by atomic mass is 9.89. The molecule has 0 radical (unpaired) electrons. The highest BCUT2D eigenvalue weighted by Crippen LogP contribution is 2.36. The third kappa shape index (κ3) is 2.99. The summed E-state index contributed by atoms with van der Waals surface area (Å²) in [5, 5.41) is 3.53. The summed E-state index contributed by atoms with van der Waals surface area (Å²) in [5.74, 6) is 0.0578. The molecule has 0 aromatic carbocycles.